The smallest absolute Gasteiger partial charge is 0.316 e. The van der Waals surface area contributed by atoms with Crippen LogP contribution in [0.3, 0.4) is 0 Å². The number of fused-ring (bicyclic) bond motifs is 1. The third kappa shape index (κ3) is 2.25. The second-order valence-electron chi connectivity index (χ2n) is 4.49. The number of sulfone groups is 1. The average Bonchev–Trinajstić information content (AvgIpc) is 2.95. The monoisotopic (exact) mass is 292 g/mol. The van der Waals surface area contributed by atoms with Crippen molar-refractivity contribution in [2.45, 2.75) is 11.0 Å². The Bertz CT molecular complexity index is 879. The minimum Gasteiger partial charge on any atom is -0.428 e. The SMILES string of the molecule is Cn1cc(CS(=O)(=O)c2nc3cc(N)ccc3o2)cn1. The van der Waals surface area contributed by atoms with Gasteiger partial charge in [-0.1, -0.05) is 0 Å². The van der Waals surface area contributed by atoms with Gasteiger partial charge in [-0.15, -0.1) is 0 Å². The second-order valence-corrected chi connectivity index (χ2v) is 6.36. The maximum absolute atomic E-state index is 12.2. The van der Waals surface area contributed by atoms with Gasteiger partial charge in [0.1, 0.15) is 5.52 Å². The number of rotatable bonds is 3. The van der Waals surface area contributed by atoms with Crippen LogP contribution in [-0.4, -0.2) is 23.2 Å². The molecule has 0 aliphatic rings. The summed E-state index contributed by atoms with van der Waals surface area (Å²) >= 11 is 0. The zero-order valence-corrected chi connectivity index (χ0v) is 11.5. The fraction of sp³-hybridized carbons (Fsp3) is 0.167. The molecule has 7 nitrogen and oxygen atoms in total. The zero-order valence-electron chi connectivity index (χ0n) is 10.6. The summed E-state index contributed by atoms with van der Waals surface area (Å²) in [5.41, 5.74) is 7.52. The predicted octanol–water partition coefficient (Wildman–Crippen LogP) is 1.12. The highest BCUT2D eigenvalue weighted by Gasteiger charge is 2.23. The van der Waals surface area contributed by atoms with Crippen molar-refractivity contribution in [2.75, 3.05) is 5.73 Å². The van der Waals surface area contributed by atoms with E-state index >= 15 is 0 Å². The molecule has 104 valence electrons. The molecule has 0 amide bonds. The molecule has 0 spiro atoms. The topological polar surface area (TPSA) is 104 Å². The van der Waals surface area contributed by atoms with E-state index in [0.717, 1.165) is 0 Å². The number of benzene rings is 1. The van der Waals surface area contributed by atoms with E-state index in [4.69, 9.17) is 10.2 Å². The molecule has 2 aromatic heterocycles. The number of nitrogens with two attached hydrogens (primary N) is 1. The number of nitrogen functional groups attached to an aromatic ring is 1. The summed E-state index contributed by atoms with van der Waals surface area (Å²) in [5.74, 6) is -0.205. The standard InChI is InChI=1S/C12H12N4O3S/c1-16-6-8(5-14-16)7-20(17,18)12-15-10-4-9(13)2-3-11(10)19-12/h2-6H,7,13H2,1H3. The van der Waals surface area contributed by atoms with Crippen LogP contribution >= 0.6 is 0 Å². The number of aryl methyl sites for hydroxylation is 1. The van der Waals surface area contributed by atoms with Crippen molar-refractivity contribution in [3.63, 3.8) is 0 Å². The lowest BCUT2D eigenvalue weighted by Gasteiger charge is -1.96. The summed E-state index contributed by atoms with van der Waals surface area (Å²) in [6, 6.07) is 4.80. The number of anilines is 1. The Hall–Kier alpha value is -2.35. The summed E-state index contributed by atoms with van der Waals surface area (Å²) in [6.45, 7) is 0. The van der Waals surface area contributed by atoms with Crippen molar-refractivity contribution in [2.24, 2.45) is 7.05 Å². The Morgan fingerprint density at radius 2 is 2.20 bits per heavy atom. The molecule has 0 aliphatic carbocycles. The van der Waals surface area contributed by atoms with Crippen molar-refractivity contribution in [1.82, 2.24) is 14.8 Å². The minimum atomic E-state index is -3.65. The van der Waals surface area contributed by atoms with Crippen LogP contribution in [0.25, 0.3) is 11.1 Å². The third-order valence-electron chi connectivity index (χ3n) is 2.77. The molecule has 0 fully saturated rings. The second kappa shape index (κ2) is 4.34. The first-order valence-electron chi connectivity index (χ1n) is 5.80. The Kier molecular flexibility index (Phi) is 2.75. The highest BCUT2D eigenvalue weighted by Crippen LogP contribution is 2.23. The maximum Gasteiger partial charge on any atom is 0.316 e. The van der Waals surface area contributed by atoms with E-state index in [1.165, 1.54) is 10.9 Å². The summed E-state index contributed by atoms with van der Waals surface area (Å²) in [5, 5.41) is 3.63. The van der Waals surface area contributed by atoms with E-state index in [1.807, 2.05) is 0 Å². The average molecular weight is 292 g/mol. The highest BCUT2D eigenvalue weighted by atomic mass is 32.2. The summed E-state index contributed by atoms with van der Waals surface area (Å²) in [4.78, 5) is 3.99. The van der Waals surface area contributed by atoms with Crippen molar-refractivity contribution in [3.8, 4) is 0 Å². The van der Waals surface area contributed by atoms with Gasteiger partial charge in [0.05, 0.1) is 11.9 Å². The zero-order chi connectivity index (χ0) is 14.3. The normalized spacial score (nSPS) is 12.1. The van der Waals surface area contributed by atoms with Crippen LogP contribution < -0.4 is 5.73 Å². The van der Waals surface area contributed by atoms with Crippen LogP contribution in [0.5, 0.6) is 0 Å². The van der Waals surface area contributed by atoms with Crippen LogP contribution in [0.1, 0.15) is 5.56 Å². The van der Waals surface area contributed by atoms with Crippen molar-refractivity contribution in [3.05, 3.63) is 36.2 Å². The van der Waals surface area contributed by atoms with E-state index in [2.05, 4.69) is 10.1 Å². The highest BCUT2D eigenvalue weighted by molar-refractivity contribution is 7.90. The van der Waals surface area contributed by atoms with Crippen LogP contribution in [0, 0.1) is 0 Å². The van der Waals surface area contributed by atoms with Crippen LogP contribution in [-0.2, 0) is 22.6 Å². The lowest BCUT2D eigenvalue weighted by molar-refractivity contribution is 0.458. The molecule has 8 heteroatoms. The molecule has 0 saturated heterocycles. The lowest BCUT2D eigenvalue weighted by atomic mass is 10.3. The van der Waals surface area contributed by atoms with Gasteiger partial charge in [0, 0.05) is 24.5 Å². The molecule has 3 aromatic rings. The Labute approximate surface area is 114 Å². The van der Waals surface area contributed by atoms with E-state index in [1.54, 1.807) is 31.4 Å². The first-order chi connectivity index (χ1) is 9.44. The molecule has 0 unspecified atom stereocenters. The van der Waals surface area contributed by atoms with Gasteiger partial charge in [-0.3, -0.25) is 4.68 Å². The number of nitrogens with zero attached hydrogens (tertiary/aromatic N) is 3. The van der Waals surface area contributed by atoms with E-state index in [-0.39, 0.29) is 11.0 Å². The summed E-state index contributed by atoms with van der Waals surface area (Å²) < 4.78 is 31.3. The number of hydrogen-bond donors (Lipinski definition) is 1. The number of oxazole rings is 1. The van der Waals surface area contributed by atoms with Crippen molar-refractivity contribution >= 4 is 26.6 Å². The van der Waals surface area contributed by atoms with Crippen LogP contribution in [0.2, 0.25) is 0 Å². The van der Waals surface area contributed by atoms with Crippen molar-refractivity contribution < 1.29 is 12.8 Å². The van der Waals surface area contributed by atoms with Gasteiger partial charge in [-0.05, 0) is 18.2 Å². The van der Waals surface area contributed by atoms with Gasteiger partial charge in [-0.25, -0.2) is 8.42 Å². The molecule has 2 heterocycles. The van der Waals surface area contributed by atoms with E-state index in [9.17, 15) is 8.42 Å². The van der Waals surface area contributed by atoms with Gasteiger partial charge in [-0.2, -0.15) is 10.1 Å². The van der Waals surface area contributed by atoms with Crippen LogP contribution in [0.15, 0.2) is 40.2 Å². The lowest BCUT2D eigenvalue weighted by Crippen LogP contribution is -2.04. The molecular weight excluding hydrogens is 280 g/mol. The van der Waals surface area contributed by atoms with Gasteiger partial charge in [0.2, 0.25) is 9.84 Å². The summed E-state index contributed by atoms with van der Waals surface area (Å²) in [6.07, 6.45) is 3.14. The first-order valence-corrected chi connectivity index (χ1v) is 7.46. The minimum absolute atomic E-state index is 0.205. The molecule has 0 radical (unpaired) electrons. The molecule has 0 atom stereocenters. The van der Waals surface area contributed by atoms with Gasteiger partial charge < -0.3 is 10.2 Å². The maximum atomic E-state index is 12.2. The quantitative estimate of drug-likeness (QED) is 0.725. The molecule has 20 heavy (non-hydrogen) atoms. The first kappa shape index (κ1) is 12.7. The Balaban J connectivity index is 2.00. The summed E-state index contributed by atoms with van der Waals surface area (Å²) in [7, 11) is -1.93. The predicted molar refractivity (Wildman–Crippen MR) is 72.5 cm³/mol. The molecule has 3 rings (SSSR count). The van der Waals surface area contributed by atoms with Gasteiger partial charge in [0.15, 0.2) is 5.58 Å². The molecule has 0 aliphatic heterocycles. The van der Waals surface area contributed by atoms with E-state index in [0.29, 0.717) is 22.4 Å². The van der Waals surface area contributed by atoms with Crippen LogP contribution in [0.4, 0.5) is 5.69 Å². The van der Waals surface area contributed by atoms with E-state index < -0.39 is 9.84 Å². The molecule has 0 saturated carbocycles. The van der Waals surface area contributed by atoms with Crippen molar-refractivity contribution in [1.29, 1.82) is 0 Å². The number of hydrogen-bond acceptors (Lipinski definition) is 6. The fourth-order valence-corrected chi connectivity index (χ4v) is 3.05. The fourth-order valence-electron chi connectivity index (χ4n) is 1.88. The number of aromatic nitrogens is 3. The molecular formula is C12H12N4O3S. The molecule has 1 aromatic carbocycles. The molecule has 2 N–H and O–H groups in total. The van der Waals surface area contributed by atoms with Gasteiger partial charge >= 0.3 is 5.22 Å². The third-order valence-corrected chi connectivity index (χ3v) is 4.19. The molecule has 0 bridgehead atoms. The van der Waals surface area contributed by atoms with Gasteiger partial charge in [0.25, 0.3) is 0 Å². The Morgan fingerprint density at radius 1 is 1.40 bits per heavy atom. The largest absolute Gasteiger partial charge is 0.428 e. The Morgan fingerprint density at radius 3 is 2.90 bits per heavy atom.